The Morgan fingerprint density at radius 3 is 2.37 bits per heavy atom. The van der Waals surface area contributed by atoms with E-state index in [1.165, 1.54) is 13.8 Å². The molecule has 0 aliphatic heterocycles. The van der Waals surface area contributed by atoms with Gasteiger partial charge in [0.15, 0.2) is 0 Å². The van der Waals surface area contributed by atoms with Crippen LogP contribution in [0.4, 0.5) is 13.2 Å². The number of ether oxygens (including phenoxy) is 1. The standard InChI is InChI=1S/C23H24F3N5O3S/c1-4-31-21(13-19(28-31)15-34-20-10-8-16(14-27)9-11-20)17-6-5-7-18(12-17)22(2,3)29-35(32,33)30-23(24,25)26/h5-13,29-30H,4,15H2,1-3H3. The zero-order valence-electron chi connectivity index (χ0n) is 19.2. The summed E-state index contributed by atoms with van der Waals surface area (Å²) in [5, 5.41) is 13.4. The lowest BCUT2D eigenvalue weighted by Crippen LogP contribution is -2.51. The molecule has 1 aromatic heterocycles. The molecule has 0 amide bonds. The van der Waals surface area contributed by atoms with Crippen LogP contribution in [-0.2, 0) is 28.9 Å². The fraction of sp³-hybridized carbons (Fsp3) is 0.304. The van der Waals surface area contributed by atoms with Crippen molar-refractivity contribution in [1.29, 1.82) is 5.26 Å². The van der Waals surface area contributed by atoms with Crippen LogP contribution in [0.25, 0.3) is 11.3 Å². The Hall–Kier alpha value is -3.40. The summed E-state index contributed by atoms with van der Waals surface area (Å²) in [7, 11) is -4.85. The van der Waals surface area contributed by atoms with Crippen molar-refractivity contribution < 1.29 is 26.3 Å². The van der Waals surface area contributed by atoms with Gasteiger partial charge in [0.05, 0.1) is 22.9 Å². The molecule has 0 aliphatic rings. The second kappa shape index (κ2) is 10.1. The predicted molar refractivity (Wildman–Crippen MR) is 123 cm³/mol. The van der Waals surface area contributed by atoms with Gasteiger partial charge in [-0.05, 0) is 62.7 Å². The number of benzene rings is 2. The largest absolute Gasteiger partial charge is 0.487 e. The number of aromatic nitrogens is 2. The predicted octanol–water partition coefficient (Wildman–Crippen LogP) is 4.20. The van der Waals surface area contributed by atoms with Gasteiger partial charge in [0.1, 0.15) is 18.1 Å². The average molecular weight is 508 g/mol. The highest BCUT2D eigenvalue weighted by Gasteiger charge is 2.37. The maximum Gasteiger partial charge on any atom is 0.471 e. The Labute approximate surface area is 201 Å². The molecule has 12 heteroatoms. The summed E-state index contributed by atoms with van der Waals surface area (Å²) in [6.07, 6.45) is -5.09. The highest BCUT2D eigenvalue weighted by Crippen LogP contribution is 2.28. The number of nitriles is 1. The van der Waals surface area contributed by atoms with E-state index < -0.39 is 22.0 Å². The number of halogens is 3. The van der Waals surface area contributed by atoms with Crippen LogP contribution in [0, 0.1) is 11.3 Å². The third-order valence-electron chi connectivity index (χ3n) is 5.02. The van der Waals surface area contributed by atoms with Gasteiger partial charge in [-0.25, -0.2) is 0 Å². The highest BCUT2D eigenvalue weighted by atomic mass is 32.2. The molecule has 0 bridgehead atoms. The first-order valence-corrected chi connectivity index (χ1v) is 12.0. The van der Waals surface area contributed by atoms with Gasteiger partial charge in [0.2, 0.25) is 0 Å². The van der Waals surface area contributed by atoms with Crippen molar-refractivity contribution in [2.75, 3.05) is 0 Å². The molecule has 3 aromatic rings. The summed E-state index contributed by atoms with van der Waals surface area (Å²) in [4.78, 5) is 0. The molecular formula is C23H24F3N5O3S. The van der Waals surface area contributed by atoms with E-state index in [-0.39, 0.29) is 6.61 Å². The van der Waals surface area contributed by atoms with Gasteiger partial charge >= 0.3 is 6.30 Å². The third kappa shape index (κ3) is 7.05. The number of nitrogens with zero attached hydrogens (tertiary/aromatic N) is 3. The van der Waals surface area contributed by atoms with Gasteiger partial charge in [0, 0.05) is 12.1 Å². The maximum absolute atomic E-state index is 12.5. The SMILES string of the molecule is CCn1nc(COc2ccc(C#N)cc2)cc1-c1cccc(C(C)(C)NS(=O)(=O)NC(F)(F)F)c1. The number of aryl methyl sites for hydroxylation is 1. The van der Waals surface area contributed by atoms with Gasteiger partial charge < -0.3 is 4.74 Å². The van der Waals surface area contributed by atoms with E-state index in [0.717, 1.165) is 5.69 Å². The quantitative estimate of drug-likeness (QED) is 0.422. The van der Waals surface area contributed by atoms with Gasteiger partial charge in [-0.2, -0.15) is 36.7 Å². The third-order valence-corrected chi connectivity index (χ3v) is 6.30. The number of hydrogen-bond acceptors (Lipinski definition) is 5. The van der Waals surface area contributed by atoms with Gasteiger partial charge in [-0.3, -0.25) is 4.68 Å². The van der Waals surface area contributed by atoms with Crippen molar-refractivity contribution in [1.82, 2.24) is 19.2 Å². The Morgan fingerprint density at radius 2 is 1.77 bits per heavy atom. The summed E-state index contributed by atoms with van der Waals surface area (Å²) in [5.74, 6) is 0.583. The molecule has 0 saturated heterocycles. The second-order valence-electron chi connectivity index (χ2n) is 8.17. The average Bonchev–Trinajstić information content (AvgIpc) is 3.19. The second-order valence-corrected chi connectivity index (χ2v) is 9.59. The van der Waals surface area contributed by atoms with Crippen molar-refractivity contribution in [3.63, 3.8) is 0 Å². The number of hydrogen-bond donors (Lipinski definition) is 2. The first kappa shape index (κ1) is 26.2. The Morgan fingerprint density at radius 1 is 1.09 bits per heavy atom. The molecule has 2 aromatic carbocycles. The maximum atomic E-state index is 12.5. The highest BCUT2D eigenvalue weighted by molar-refractivity contribution is 7.87. The molecule has 0 spiro atoms. The Balaban J connectivity index is 1.82. The summed E-state index contributed by atoms with van der Waals surface area (Å²) in [6, 6.07) is 17.4. The van der Waals surface area contributed by atoms with Gasteiger partial charge in [-0.1, -0.05) is 18.2 Å². The van der Waals surface area contributed by atoms with Crippen LogP contribution in [0.15, 0.2) is 54.6 Å². The Bertz CT molecular complexity index is 1330. The number of alkyl halides is 3. The molecule has 186 valence electrons. The molecular weight excluding hydrogens is 483 g/mol. The van der Waals surface area contributed by atoms with E-state index in [1.807, 2.05) is 23.8 Å². The monoisotopic (exact) mass is 507 g/mol. The van der Waals surface area contributed by atoms with Crippen LogP contribution < -0.4 is 14.2 Å². The molecule has 2 N–H and O–H groups in total. The lowest BCUT2D eigenvalue weighted by molar-refractivity contribution is -0.138. The zero-order chi connectivity index (χ0) is 25.9. The summed E-state index contributed by atoms with van der Waals surface area (Å²) in [5.41, 5.74) is 1.73. The van der Waals surface area contributed by atoms with E-state index >= 15 is 0 Å². The molecule has 0 aliphatic carbocycles. The molecule has 0 fully saturated rings. The molecule has 0 radical (unpaired) electrons. The Kier molecular flexibility index (Phi) is 7.54. The zero-order valence-corrected chi connectivity index (χ0v) is 20.0. The van der Waals surface area contributed by atoms with E-state index in [4.69, 9.17) is 10.00 Å². The van der Waals surface area contributed by atoms with Crippen LogP contribution in [0.5, 0.6) is 5.75 Å². The van der Waals surface area contributed by atoms with E-state index in [1.54, 1.807) is 53.2 Å². The van der Waals surface area contributed by atoms with Crippen molar-refractivity contribution in [2.45, 2.75) is 45.8 Å². The van der Waals surface area contributed by atoms with Gasteiger partial charge in [0.25, 0.3) is 10.2 Å². The number of rotatable bonds is 9. The first-order valence-electron chi connectivity index (χ1n) is 10.5. The van der Waals surface area contributed by atoms with Crippen LogP contribution in [-0.4, -0.2) is 24.5 Å². The normalized spacial score (nSPS) is 12.4. The van der Waals surface area contributed by atoms with Crippen LogP contribution in [0.2, 0.25) is 0 Å². The molecule has 35 heavy (non-hydrogen) atoms. The van der Waals surface area contributed by atoms with Crippen LogP contribution in [0.1, 0.15) is 37.6 Å². The molecule has 8 nitrogen and oxygen atoms in total. The van der Waals surface area contributed by atoms with Crippen molar-refractivity contribution in [2.24, 2.45) is 0 Å². The van der Waals surface area contributed by atoms with Gasteiger partial charge in [-0.15, -0.1) is 4.72 Å². The summed E-state index contributed by atoms with van der Waals surface area (Å²) >= 11 is 0. The molecule has 1 heterocycles. The summed E-state index contributed by atoms with van der Waals surface area (Å²) in [6.45, 7) is 5.57. The van der Waals surface area contributed by atoms with Crippen LogP contribution in [0.3, 0.4) is 0 Å². The van der Waals surface area contributed by atoms with Crippen molar-refractivity contribution in [3.8, 4) is 23.1 Å². The smallest absolute Gasteiger partial charge is 0.471 e. The molecule has 0 saturated carbocycles. The minimum atomic E-state index is -5.09. The molecule has 3 rings (SSSR count). The number of nitrogens with one attached hydrogen (secondary N) is 2. The fourth-order valence-corrected chi connectivity index (χ4v) is 4.58. The summed E-state index contributed by atoms with van der Waals surface area (Å²) < 4.78 is 71.7. The fourth-order valence-electron chi connectivity index (χ4n) is 3.44. The topological polar surface area (TPSA) is 109 Å². The van der Waals surface area contributed by atoms with Crippen LogP contribution >= 0.6 is 0 Å². The molecule has 0 unspecified atom stereocenters. The lowest BCUT2D eigenvalue weighted by atomic mass is 9.93. The van der Waals surface area contributed by atoms with E-state index in [0.29, 0.717) is 39.4 Å². The lowest BCUT2D eigenvalue weighted by Gasteiger charge is -2.27. The van der Waals surface area contributed by atoms with Crippen molar-refractivity contribution in [3.05, 3.63) is 71.4 Å². The first-order chi connectivity index (χ1) is 16.3. The minimum absolute atomic E-state index is 0.181. The van der Waals surface area contributed by atoms with Crippen molar-refractivity contribution >= 4 is 10.2 Å². The van der Waals surface area contributed by atoms with E-state index in [9.17, 15) is 21.6 Å². The van der Waals surface area contributed by atoms with E-state index in [2.05, 4.69) is 5.10 Å². The molecule has 0 atom stereocenters. The minimum Gasteiger partial charge on any atom is -0.487 e.